The zero-order valence-electron chi connectivity index (χ0n) is 17.4. The second-order valence-electron chi connectivity index (χ2n) is 7.93. The van der Waals surface area contributed by atoms with Crippen LogP contribution in [0.25, 0.3) is 5.69 Å². The van der Waals surface area contributed by atoms with Gasteiger partial charge in [0.2, 0.25) is 0 Å². The SMILES string of the molecule is CCCN(C(=O)c1nnn(-c2ccc(C)cc2)c1C)C1CCc2ccccc2C1. The summed E-state index contributed by atoms with van der Waals surface area (Å²) < 4.78 is 1.76. The lowest BCUT2D eigenvalue weighted by Crippen LogP contribution is -2.44. The average Bonchev–Trinajstić information content (AvgIpc) is 3.13. The number of amides is 1. The molecule has 1 aliphatic carbocycles. The number of aromatic nitrogens is 3. The summed E-state index contributed by atoms with van der Waals surface area (Å²) in [5.41, 5.74) is 6.13. The van der Waals surface area contributed by atoms with Gasteiger partial charge in [0.05, 0.1) is 11.4 Å². The van der Waals surface area contributed by atoms with Gasteiger partial charge in [0.25, 0.3) is 5.91 Å². The molecule has 1 heterocycles. The van der Waals surface area contributed by atoms with Crippen LogP contribution >= 0.6 is 0 Å². The molecule has 1 aliphatic rings. The van der Waals surface area contributed by atoms with Gasteiger partial charge in [-0.2, -0.15) is 0 Å². The highest BCUT2D eigenvalue weighted by atomic mass is 16.2. The first-order valence-corrected chi connectivity index (χ1v) is 10.5. The van der Waals surface area contributed by atoms with Crippen LogP contribution in [0.1, 0.15) is 52.6 Å². The topological polar surface area (TPSA) is 51.0 Å². The van der Waals surface area contributed by atoms with Crippen molar-refractivity contribution in [2.45, 2.75) is 52.5 Å². The molecule has 0 spiro atoms. The molecule has 3 aromatic rings. The van der Waals surface area contributed by atoms with Crippen molar-refractivity contribution < 1.29 is 4.79 Å². The lowest BCUT2D eigenvalue weighted by atomic mass is 9.87. The normalized spacial score (nSPS) is 15.8. The van der Waals surface area contributed by atoms with Crippen LogP contribution in [-0.4, -0.2) is 38.4 Å². The fraction of sp³-hybridized carbons (Fsp3) is 0.375. The van der Waals surface area contributed by atoms with E-state index in [0.717, 1.165) is 43.6 Å². The highest BCUT2D eigenvalue weighted by Crippen LogP contribution is 2.26. The number of fused-ring (bicyclic) bond motifs is 1. The Hall–Kier alpha value is -2.95. The maximum Gasteiger partial charge on any atom is 0.276 e. The molecular formula is C24H28N4O. The third kappa shape index (κ3) is 3.82. The summed E-state index contributed by atoms with van der Waals surface area (Å²) in [6, 6.07) is 16.9. The van der Waals surface area contributed by atoms with Crippen LogP contribution < -0.4 is 0 Å². The largest absolute Gasteiger partial charge is 0.334 e. The summed E-state index contributed by atoms with van der Waals surface area (Å²) in [7, 11) is 0. The molecule has 1 unspecified atom stereocenters. The Morgan fingerprint density at radius 1 is 1.10 bits per heavy atom. The highest BCUT2D eigenvalue weighted by molar-refractivity contribution is 5.93. The first kappa shape index (κ1) is 19.4. The zero-order chi connectivity index (χ0) is 20.4. The van der Waals surface area contributed by atoms with E-state index in [1.54, 1.807) is 4.68 Å². The number of nitrogens with zero attached hydrogens (tertiary/aromatic N) is 4. The minimum atomic E-state index is -0.00732. The fourth-order valence-corrected chi connectivity index (χ4v) is 4.23. The molecule has 5 heteroatoms. The molecule has 5 nitrogen and oxygen atoms in total. The summed E-state index contributed by atoms with van der Waals surface area (Å²) in [6.45, 7) is 6.83. The predicted molar refractivity (Wildman–Crippen MR) is 114 cm³/mol. The summed E-state index contributed by atoms with van der Waals surface area (Å²) in [5.74, 6) is -0.00732. The van der Waals surface area contributed by atoms with E-state index in [2.05, 4.69) is 48.4 Å². The van der Waals surface area contributed by atoms with Crippen molar-refractivity contribution in [2.24, 2.45) is 0 Å². The smallest absolute Gasteiger partial charge is 0.276 e. The van der Waals surface area contributed by atoms with E-state index in [4.69, 9.17) is 0 Å². The second-order valence-corrected chi connectivity index (χ2v) is 7.93. The molecule has 0 fully saturated rings. The second kappa shape index (κ2) is 8.19. The van der Waals surface area contributed by atoms with Crippen molar-refractivity contribution in [2.75, 3.05) is 6.54 Å². The number of hydrogen-bond acceptors (Lipinski definition) is 3. The van der Waals surface area contributed by atoms with Gasteiger partial charge < -0.3 is 4.90 Å². The molecule has 1 atom stereocenters. The Kier molecular flexibility index (Phi) is 5.47. The van der Waals surface area contributed by atoms with Crippen molar-refractivity contribution in [1.29, 1.82) is 0 Å². The predicted octanol–water partition coefficient (Wildman–Crippen LogP) is 4.29. The Labute approximate surface area is 172 Å². The van der Waals surface area contributed by atoms with E-state index in [1.807, 2.05) is 36.1 Å². The highest BCUT2D eigenvalue weighted by Gasteiger charge is 2.30. The third-order valence-corrected chi connectivity index (χ3v) is 5.86. The van der Waals surface area contributed by atoms with Crippen LogP contribution in [0.5, 0.6) is 0 Å². The van der Waals surface area contributed by atoms with Gasteiger partial charge in [-0.25, -0.2) is 4.68 Å². The van der Waals surface area contributed by atoms with Gasteiger partial charge in [-0.05, 0) is 62.8 Å². The maximum atomic E-state index is 13.5. The van der Waals surface area contributed by atoms with E-state index >= 15 is 0 Å². The molecule has 1 amide bonds. The Morgan fingerprint density at radius 2 is 1.83 bits per heavy atom. The van der Waals surface area contributed by atoms with Gasteiger partial charge in [0.15, 0.2) is 5.69 Å². The quantitative estimate of drug-likeness (QED) is 0.655. The van der Waals surface area contributed by atoms with E-state index in [9.17, 15) is 4.79 Å². The van der Waals surface area contributed by atoms with Crippen molar-refractivity contribution in [3.8, 4) is 5.69 Å². The molecular weight excluding hydrogens is 360 g/mol. The van der Waals surface area contributed by atoms with Crippen molar-refractivity contribution in [3.05, 3.63) is 76.6 Å². The summed E-state index contributed by atoms with van der Waals surface area (Å²) in [4.78, 5) is 15.5. The van der Waals surface area contributed by atoms with Crippen LogP contribution in [0.2, 0.25) is 0 Å². The molecule has 4 rings (SSSR count). The zero-order valence-corrected chi connectivity index (χ0v) is 17.4. The van der Waals surface area contributed by atoms with Crippen molar-refractivity contribution in [1.82, 2.24) is 19.9 Å². The molecule has 150 valence electrons. The van der Waals surface area contributed by atoms with Crippen molar-refractivity contribution >= 4 is 5.91 Å². The first-order chi connectivity index (χ1) is 14.1. The first-order valence-electron chi connectivity index (χ1n) is 10.5. The van der Waals surface area contributed by atoms with Crippen LogP contribution in [0, 0.1) is 13.8 Å². The standard InChI is InChI=1S/C24H28N4O/c1-4-15-27(22-14-11-19-7-5-6-8-20(19)16-22)24(29)23-18(3)28(26-25-23)21-12-9-17(2)10-13-21/h5-10,12-13,22H,4,11,14-16H2,1-3H3. The lowest BCUT2D eigenvalue weighted by Gasteiger charge is -2.35. The molecule has 0 N–H and O–H groups in total. The number of carbonyl (C=O) groups is 1. The number of benzene rings is 2. The number of rotatable bonds is 5. The summed E-state index contributed by atoms with van der Waals surface area (Å²) in [5, 5.41) is 8.56. The minimum Gasteiger partial charge on any atom is -0.334 e. The molecule has 0 radical (unpaired) electrons. The molecule has 1 aromatic heterocycles. The number of carbonyl (C=O) groups excluding carboxylic acids is 1. The number of aryl methyl sites for hydroxylation is 2. The Balaban J connectivity index is 1.60. The van der Waals surface area contributed by atoms with E-state index in [-0.39, 0.29) is 11.9 Å². The molecule has 0 aliphatic heterocycles. The van der Waals surface area contributed by atoms with Crippen LogP contribution in [0.3, 0.4) is 0 Å². The van der Waals surface area contributed by atoms with Crippen LogP contribution in [0.4, 0.5) is 0 Å². The minimum absolute atomic E-state index is 0.00732. The van der Waals surface area contributed by atoms with E-state index in [0.29, 0.717) is 5.69 Å². The summed E-state index contributed by atoms with van der Waals surface area (Å²) >= 11 is 0. The third-order valence-electron chi connectivity index (χ3n) is 5.86. The van der Waals surface area contributed by atoms with Crippen LogP contribution in [0.15, 0.2) is 48.5 Å². The van der Waals surface area contributed by atoms with Gasteiger partial charge in [0, 0.05) is 12.6 Å². The average molecular weight is 389 g/mol. The van der Waals surface area contributed by atoms with Gasteiger partial charge in [0.1, 0.15) is 0 Å². The summed E-state index contributed by atoms with van der Waals surface area (Å²) in [6.07, 6.45) is 3.85. The molecule has 0 bridgehead atoms. The van der Waals surface area contributed by atoms with Gasteiger partial charge >= 0.3 is 0 Å². The van der Waals surface area contributed by atoms with Crippen LogP contribution in [-0.2, 0) is 12.8 Å². The molecule has 0 saturated heterocycles. The molecule has 2 aromatic carbocycles. The van der Waals surface area contributed by atoms with Gasteiger partial charge in [-0.1, -0.05) is 54.1 Å². The van der Waals surface area contributed by atoms with Crippen molar-refractivity contribution in [3.63, 3.8) is 0 Å². The number of hydrogen-bond donors (Lipinski definition) is 0. The lowest BCUT2D eigenvalue weighted by molar-refractivity contribution is 0.0654. The van der Waals surface area contributed by atoms with Gasteiger partial charge in [-0.15, -0.1) is 5.10 Å². The fourth-order valence-electron chi connectivity index (χ4n) is 4.23. The van der Waals surface area contributed by atoms with E-state index in [1.165, 1.54) is 16.7 Å². The van der Waals surface area contributed by atoms with Gasteiger partial charge in [-0.3, -0.25) is 4.79 Å². The van der Waals surface area contributed by atoms with E-state index < -0.39 is 0 Å². The monoisotopic (exact) mass is 388 g/mol. The maximum absolute atomic E-state index is 13.5. The molecule has 0 saturated carbocycles. The Bertz CT molecular complexity index is 1010. The Morgan fingerprint density at radius 3 is 2.55 bits per heavy atom. The molecule has 29 heavy (non-hydrogen) atoms.